The Hall–Kier alpha value is -2.17. The SMILES string of the molecule is CCCCCCCCCC.Cc1ccc(-c2ccc(P(C)C)cc2)cc1F.N#CCNC=C1CC1. The van der Waals surface area contributed by atoms with Gasteiger partial charge in [0, 0.05) is 0 Å². The molecule has 2 nitrogen and oxygen atoms in total. The Morgan fingerprint density at radius 2 is 1.43 bits per heavy atom. The van der Waals surface area contributed by atoms with Crippen molar-refractivity contribution in [2.24, 2.45) is 0 Å². The summed E-state index contributed by atoms with van der Waals surface area (Å²) in [6.45, 7) is 11.2. The number of benzene rings is 2. The molecule has 1 N–H and O–H groups in total. The maximum atomic E-state index is 13.5. The van der Waals surface area contributed by atoms with Crippen molar-refractivity contribution in [3.63, 3.8) is 0 Å². The third kappa shape index (κ3) is 14.7. The van der Waals surface area contributed by atoms with Crippen molar-refractivity contribution in [2.75, 3.05) is 19.9 Å². The summed E-state index contributed by atoms with van der Waals surface area (Å²) in [5.74, 6) is -0.139. The maximum absolute atomic E-state index is 13.5. The molecule has 0 bridgehead atoms. The van der Waals surface area contributed by atoms with Crippen molar-refractivity contribution < 1.29 is 4.39 Å². The van der Waals surface area contributed by atoms with Gasteiger partial charge in [0.25, 0.3) is 0 Å². The molecular formula is C31H46FN2P. The van der Waals surface area contributed by atoms with Gasteiger partial charge in [-0.15, -0.1) is 0 Å². The molecule has 2 aromatic rings. The van der Waals surface area contributed by atoms with Gasteiger partial charge in [-0.05, 0) is 67.4 Å². The number of hydrogen-bond acceptors (Lipinski definition) is 2. The zero-order valence-corrected chi connectivity index (χ0v) is 23.6. The van der Waals surface area contributed by atoms with E-state index in [2.05, 4.69) is 56.8 Å². The van der Waals surface area contributed by atoms with Crippen LogP contribution in [0.4, 0.5) is 4.39 Å². The molecule has 2 aromatic carbocycles. The topological polar surface area (TPSA) is 35.8 Å². The molecule has 0 amide bonds. The first-order chi connectivity index (χ1) is 16.9. The quantitative estimate of drug-likeness (QED) is 0.191. The molecule has 4 heteroatoms. The molecule has 0 aromatic heterocycles. The highest BCUT2D eigenvalue weighted by atomic mass is 31.1. The van der Waals surface area contributed by atoms with Gasteiger partial charge in [0.2, 0.25) is 0 Å². The van der Waals surface area contributed by atoms with E-state index < -0.39 is 0 Å². The molecule has 1 saturated carbocycles. The summed E-state index contributed by atoms with van der Waals surface area (Å²) < 4.78 is 13.5. The molecule has 0 saturated heterocycles. The predicted molar refractivity (Wildman–Crippen MR) is 154 cm³/mol. The minimum absolute atomic E-state index is 0.0623. The van der Waals surface area contributed by atoms with Gasteiger partial charge in [-0.25, -0.2) is 4.39 Å². The molecule has 1 aliphatic carbocycles. The predicted octanol–water partition coefficient (Wildman–Crippen LogP) is 9.09. The molecule has 0 spiro atoms. The second-order valence-corrected chi connectivity index (χ2v) is 11.7. The number of aryl methyl sites for hydroxylation is 1. The molecule has 0 unspecified atom stereocenters. The minimum Gasteiger partial charge on any atom is -0.378 e. The first-order valence-corrected chi connectivity index (χ1v) is 15.5. The van der Waals surface area contributed by atoms with Gasteiger partial charge in [0.15, 0.2) is 0 Å². The average molecular weight is 497 g/mol. The smallest absolute Gasteiger partial charge is 0.126 e. The Morgan fingerprint density at radius 3 is 1.89 bits per heavy atom. The van der Waals surface area contributed by atoms with Crippen LogP contribution in [0.5, 0.6) is 0 Å². The molecule has 3 rings (SSSR count). The summed E-state index contributed by atoms with van der Waals surface area (Å²) in [6.07, 6.45) is 15.8. The van der Waals surface area contributed by atoms with Crippen molar-refractivity contribution >= 4 is 13.2 Å². The minimum atomic E-state index is -0.139. The Kier molecular flexibility index (Phi) is 16.8. The van der Waals surface area contributed by atoms with Gasteiger partial charge < -0.3 is 5.32 Å². The van der Waals surface area contributed by atoms with Gasteiger partial charge in [-0.3, -0.25) is 0 Å². The zero-order valence-electron chi connectivity index (χ0n) is 22.7. The van der Waals surface area contributed by atoms with Crippen LogP contribution in [-0.2, 0) is 0 Å². The second-order valence-electron chi connectivity index (χ2n) is 9.37. The molecular weight excluding hydrogens is 450 g/mol. The Morgan fingerprint density at radius 1 is 0.886 bits per heavy atom. The van der Waals surface area contributed by atoms with Crippen LogP contribution < -0.4 is 10.6 Å². The lowest BCUT2D eigenvalue weighted by atomic mass is 10.0. The molecule has 0 atom stereocenters. The van der Waals surface area contributed by atoms with Gasteiger partial charge >= 0.3 is 0 Å². The summed E-state index contributed by atoms with van der Waals surface area (Å²) in [7, 11) is -0.0623. The van der Waals surface area contributed by atoms with E-state index in [-0.39, 0.29) is 13.7 Å². The molecule has 0 aliphatic heterocycles. The van der Waals surface area contributed by atoms with Crippen molar-refractivity contribution in [2.45, 2.75) is 85.0 Å². The van der Waals surface area contributed by atoms with E-state index in [1.165, 1.54) is 75.1 Å². The van der Waals surface area contributed by atoms with E-state index in [0.717, 1.165) is 11.1 Å². The summed E-state index contributed by atoms with van der Waals surface area (Å²) in [6, 6.07) is 15.8. The summed E-state index contributed by atoms with van der Waals surface area (Å²) in [4.78, 5) is 0. The van der Waals surface area contributed by atoms with Crippen LogP contribution in [0.25, 0.3) is 11.1 Å². The number of unbranched alkanes of at least 4 members (excludes halogenated alkanes) is 7. The van der Waals surface area contributed by atoms with Gasteiger partial charge in [-0.2, -0.15) is 5.26 Å². The third-order valence-electron chi connectivity index (χ3n) is 5.87. The Bertz CT molecular complexity index is 883. The van der Waals surface area contributed by atoms with E-state index >= 15 is 0 Å². The Labute approximate surface area is 215 Å². The normalized spacial score (nSPS) is 11.5. The number of nitrogens with one attached hydrogen (secondary N) is 1. The van der Waals surface area contributed by atoms with E-state index in [1.807, 2.05) is 24.4 Å². The molecule has 1 aliphatic rings. The van der Waals surface area contributed by atoms with E-state index in [1.54, 1.807) is 13.0 Å². The number of hydrogen-bond donors (Lipinski definition) is 1. The number of nitrogens with zero attached hydrogens (tertiary/aromatic N) is 1. The number of halogens is 1. The van der Waals surface area contributed by atoms with E-state index in [0.29, 0.717) is 12.1 Å². The van der Waals surface area contributed by atoms with Crippen LogP contribution in [0.15, 0.2) is 54.2 Å². The molecule has 192 valence electrons. The van der Waals surface area contributed by atoms with Crippen molar-refractivity contribution in [3.05, 3.63) is 65.6 Å². The number of rotatable bonds is 11. The fraction of sp³-hybridized carbons (Fsp3) is 0.516. The molecule has 35 heavy (non-hydrogen) atoms. The lowest BCUT2D eigenvalue weighted by Gasteiger charge is -2.08. The number of allylic oxidation sites excluding steroid dienone is 1. The van der Waals surface area contributed by atoms with E-state index in [9.17, 15) is 4.39 Å². The highest BCUT2D eigenvalue weighted by molar-refractivity contribution is 7.64. The highest BCUT2D eigenvalue weighted by Crippen LogP contribution is 2.27. The van der Waals surface area contributed by atoms with Crippen molar-refractivity contribution in [1.82, 2.24) is 5.32 Å². The van der Waals surface area contributed by atoms with Gasteiger partial charge in [0.05, 0.1) is 6.07 Å². The maximum Gasteiger partial charge on any atom is 0.126 e. The van der Waals surface area contributed by atoms with Crippen LogP contribution in [-0.4, -0.2) is 19.9 Å². The summed E-state index contributed by atoms with van der Waals surface area (Å²) >= 11 is 0. The van der Waals surface area contributed by atoms with Gasteiger partial charge in [-0.1, -0.05) is 115 Å². The van der Waals surface area contributed by atoms with Crippen molar-refractivity contribution in [1.29, 1.82) is 5.26 Å². The average Bonchev–Trinajstić information content (AvgIpc) is 3.69. The molecule has 0 heterocycles. The first kappa shape index (κ1) is 30.9. The molecule has 1 fully saturated rings. The van der Waals surface area contributed by atoms with Crippen LogP contribution in [0.1, 0.15) is 83.6 Å². The summed E-state index contributed by atoms with van der Waals surface area (Å²) in [5, 5.41) is 12.3. The molecule has 0 radical (unpaired) electrons. The third-order valence-corrected chi connectivity index (χ3v) is 7.20. The summed E-state index contributed by atoms with van der Waals surface area (Å²) in [5.41, 5.74) is 4.14. The first-order valence-electron chi connectivity index (χ1n) is 13.2. The van der Waals surface area contributed by atoms with E-state index in [4.69, 9.17) is 5.26 Å². The monoisotopic (exact) mass is 496 g/mol. The van der Waals surface area contributed by atoms with Crippen LogP contribution in [0.3, 0.4) is 0 Å². The standard InChI is InChI=1S/C15H16FP.C10H22.C6H8N2/c1-11-4-5-13(10-15(11)16)12-6-8-14(9-7-12)17(2)3;1-3-5-7-9-10-8-6-4-2;7-3-4-8-5-6-1-2-6/h4-10H,1-3H3;3-10H2,1-2H3;5,8H,1-2,4H2. The fourth-order valence-corrected chi connectivity index (χ4v) is 4.13. The van der Waals surface area contributed by atoms with Crippen LogP contribution in [0, 0.1) is 24.1 Å². The second kappa shape index (κ2) is 19.1. The zero-order chi connectivity index (χ0) is 25.9. The van der Waals surface area contributed by atoms with Crippen LogP contribution >= 0.6 is 7.92 Å². The highest BCUT2D eigenvalue weighted by Gasteiger charge is 2.08. The number of nitriles is 1. The lowest BCUT2D eigenvalue weighted by Crippen LogP contribution is -2.02. The van der Waals surface area contributed by atoms with Crippen LogP contribution in [0.2, 0.25) is 0 Å². The lowest BCUT2D eigenvalue weighted by molar-refractivity contribution is 0.585. The fourth-order valence-electron chi connectivity index (χ4n) is 3.39. The van der Waals surface area contributed by atoms with Crippen molar-refractivity contribution in [3.8, 4) is 17.2 Å². The largest absolute Gasteiger partial charge is 0.378 e. The van der Waals surface area contributed by atoms with Gasteiger partial charge in [0.1, 0.15) is 12.4 Å². The Balaban J connectivity index is 0.000000290.